The molecule has 1 rings (SSSR count). The van der Waals surface area contributed by atoms with Crippen LogP contribution in [0.5, 0.6) is 5.75 Å². The van der Waals surface area contributed by atoms with E-state index in [2.05, 4.69) is 4.74 Å². The highest BCUT2D eigenvalue weighted by Crippen LogP contribution is 2.24. The van der Waals surface area contributed by atoms with Gasteiger partial charge in [0.1, 0.15) is 0 Å². The molecule has 1 aromatic rings. The number of carbonyl (C=O) groups is 1. The van der Waals surface area contributed by atoms with Gasteiger partial charge in [-0.3, -0.25) is 0 Å². The summed E-state index contributed by atoms with van der Waals surface area (Å²) in [5.41, 5.74) is 5.85. The van der Waals surface area contributed by atoms with Crippen molar-refractivity contribution in [3.05, 3.63) is 29.6 Å². The minimum absolute atomic E-state index is 0.0565. The quantitative estimate of drug-likeness (QED) is 0.818. The Balaban J connectivity index is 2.89. The zero-order chi connectivity index (χ0) is 13.7. The molecule has 0 bridgehead atoms. The van der Waals surface area contributed by atoms with Crippen molar-refractivity contribution in [2.75, 3.05) is 13.7 Å². The van der Waals surface area contributed by atoms with E-state index in [-0.39, 0.29) is 17.9 Å². The second-order valence-electron chi connectivity index (χ2n) is 3.57. The summed E-state index contributed by atoms with van der Waals surface area (Å²) in [6.45, 7) is 1.63. The average Bonchev–Trinajstić information content (AvgIpc) is 2.38. The van der Waals surface area contributed by atoms with E-state index in [0.29, 0.717) is 0 Å². The number of halogens is 2. The molecular weight excluding hydrogens is 244 g/mol. The smallest absolute Gasteiger partial charge is 0.342 e. The molecule has 6 heteroatoms. The van der Waals surface area contributed by atoms with E-state index in [4.69, 9.17) is 10.5 Å². The first-order chi connectivity index (χ1) is 8.51. The Morgan fingerprint density at radius 2 is 2.17 bits per heavy atom. The van der Waals surface area contributed by atoms with Crippen LogP contribution >= 0.6 is 0 Å². The van der Waals surface area contributed by atoms with Gasteiger partial charge in [0.15, 0.2) is 11.6 Å². The van der Waals surface area contributed by atoms with Gasteiger partial charge in [0.25, 0.3) is 0 Å². The maximum Gasteiger partial charge on any atom is 0.342 e. The summed E-state index contributed by atoms with van der Waals surface area (Å²) in [5, 5.41) is 0. The van der Waals surface area contributed by atoms with Crippen molar-refractivity contribution in [3.8, 4) is 5.75 Å². The largest absolute Gasteiger partial charge is 0.494 e. The monoisotopic (exact) mass is 259 g/mol. The number of nitrogens with two attached hydrogens (primary N) is 1. The molecule has 1 aromatic carbocycles. The molecular formula is C12H15F2NO3. The van der Waals surface area contributed by atoms with Crippen LogP contribution in [0.15, 0.2) is 18.2 Å². The van der Waals surface area contributed by atoms with Crippen LogP contribution in [0.1, 0.15) is 18.5 Å². The van der Waals surface area contributed by atoms with E-state index in [0.717, 1.165) is 6.07 Å². The first-order valence-corrected chi connectivity index (χ1v) is 5.41. The number of carbonyl (C=O) groups excluding carboxylic acids is 1. The van der Waals surface area contributed by atoms with Crippen LogP contribution in [0.2, 0.25) is 0 Å². The van der Waals surface area contributed by atoms with Gasteiger partial charge in [-0.05, 0) is 24.6 Å². The third-order valence-corrected chi connectivity index (χ3v) is 2.39. The van der Waals surface area contributed by atoms with Gasteiger partial charge in [0.05, 0.1) is 19.8 Å². The summed E-state index contributed by atoms with van der Waals surface area (Å²) in [4.78, 5) is 11.2. The lowest BCUT2D eigenvalue weighted by molar-refractivity contribution is -0.149. The summed E-state index contributed by atoms with van der Waals surface area (Å²) in [6, 6.07) is 2.44. The molecule has 0 saturated carbocycles. The van der Waals surface area contributed by atoms with Crippen LogP contribution in [0.3, 0.4) is 0 Å². The van der Waals surface area contributed by atoms with Crippen LogP contribution in [-0.2, 0) is 9.53 Å². The molecule has 0 heterocycles. The lowest BCUT2D eigenvalue weighted by Crippen LogP contribution is -2.31. The molecule has 0 spiro atoms. The first-order valence-electron chi connectivity index (χ1n) is 5.41. The Bertz CT molecular complexity index is 426. The predicted molar refractivity (Wildman–Crippen MR) is 61.4 cm³/mol. The van der Waals surface area contributed by atoms with Crippen molar-refractivity contribution in [2.24, 2.45) is 5.73 Å². The molecule has 0 fully saturated rings. The maximum absolute atomic E-state index is 13.7. The summed E-state index contributed by atoms with van der Waals surface area (Å²) in [7, 11) is 1.28. The molecule has 100 valence electrons. The second kappa shape index (κ2) is 6.30. The van der Waals surface area contributed by atoms with E-state index < -0.39 is 24.0 Å². The molecule has 0 radical (unpaired) electrons. The number of esters is 1. The Kier molecular flexibility index (Phi) is 5.03. The summed E-state index contributed by atoms with van der Waals surface area (Å²) in [5.74, 6) is -1.67. The van der Waals surface area contributed by atoms with Crippen LogP contribution in [0.4, 0.5) is 8.78 Å². The zero-order valence-corrected chi connectivity index (χ0v) is 10.2. The van der Waals surface area contributed by atoms with Gasteiger partial charge in [0.2, 0.25) is 6.17 Å². The lowest BCUT2D eigenvalue weighted by atomic mass is 10.0. The normalized spacial score (nSPS) is 13.8. The third kappa shape index (κ3) is 3.16. The Labute approximate surface area is 104 Å². The second-order valence-corrected chi connectivity index (χ2v) is 3.57. The molecule has 18 heavy (non-hydrogen) atoms. The molecule has 4 nitrogen and oxygen atoms in total. The summed E-state index contributed by atoms with van der Waals surface area (Å²) in [6.07, 6.45) is -2.00. The fraction of sp³-hybridized carbons (Fsp3) is 0.417. The maximum atomic E-state index is 13.7. The lowest BCUT2D eigenvalue weighted by Gasteiger charge is -2.16. The molecule has 0 aromatic heterocycles. The van der Waals surface area contributed by atoms with Crippen LogP contribution < -0.4 is 10.5 Å². The molecule has 2 N–H and O–H groups in total. The number of methoxy groups -OCH3 is 1. The minimum atomic E-state index is -2.00. The fourth-order valence-corrected chi connectivity index (χ4v) is 1.42. The standard InChI is InChI=1S/C12H15F2NO3/c1-3-18-12(16)10(14)11(15)7-4-5-8(13)9(6-7)17-2/h4-6,10-11H,3,15H2,1-2H3/t10?,11-/m0/s1. The van der Waals surface area contributed by atoms with Gasteiger partial charge >= 0.3 is 5.97 Å². The van der Waals surface area contributed by atoms with E-state index in [9.17, 15) is 13.6 Å². The number of benzene rings is 1. The zero-order valence-electron chi connectivity index (χ0n) is 10.2. The highest BCUT2D eigenvalue weighted by molar-refractivity contribution is 5.75. The number of ether oxygens (including phenoxy) is 2. The topological polar surface area (TPSA) is 61.5 Å². The van der Waals surface area contributed by atoms with Gasteiger partial charge in [-0.2, -0.15) is 0 Å². The van der Waals surface area contributed by atoms with Crippen LogP contribution in [-0.4, -0.2) is 25.9 Å². The van der Waals surface area contributed by atoms with E-state index in [1.54, 1.807) is 6.92 Å². The number of hydrogen-bond acceptors (Lipinski definition) is 4. The van der Waals surface area contributed by atoms with Crippen molar-refractivity contribution >= 4 is 5.97 Å². The number of hydrogen-bond donors (Lipinski definition) is 1. The van der Waals surface area contributed by atoms with Gasteiger partial charge in [-0.1, -0.05) is 6.07 Å². The number of alkyl halides is 1. The SMILES string of the molecule is CCOC(=O)C(F)[C@@H](N)c1ccc(F)c(OC)c1. The van der Waals surface area contributed by atoms with E-state index >= 15 is 0 Å². The van der Waals surface area contributed by atoms with Gasteiger partial charge in [-0.15, -0.1) is 0 Å². The summed E-state index contributed by atoms with van der Waals surface area (Å²) < 4.78 is 36.1. The molecule has 0 saturated heterocycles. The van der Waals surface area contributed by atoms with Crippen molar-refractivity contribution in [2.45, 2.75) is 19.1 Å². The molecule has 2 atom stereocenters. The van der Waals surface area contributed by atoms with Gasteiger partial charge in [-0.25, -0.2) is 13.6 Å². The predicted octanol–water partition coefficient (Wildman–Crippen LogP) is 1.74. The van der Waals surface area contributed by atoms with Crippen molar-refractivity contribution in [3.63, 3.8) is 0 Å². The fourth-order valence-electron chi connectivity index (χ4n) is 1.42. The minimum Gasteiger partial charge on any atom is -0.494 e. The molecule has 0 aliphatic heterocycles. The molecule has 0 amide bonds. The average molecular weight is 259 g/mol. The Hall–Kier alpha value is -1.69. The summed E-state index contributed by atoms with van der Waals surface area (Å²) >= 11 is 0. The van der Waals surface area contributed by atoms with Crippen LogP contribution in [0.25, 0.3) is 0 Å². The molecule has 0 aliphatic rings. The number of rotatable bonds is 5. The third-order valence-electron chi connectivity index (χ3n) is 2.39. The van der Waals surface area contributed by atoms with Crippen molar-refractivity contribution in [1.82, 2.24) is 0 Å². The van der Waals surface area contributed by atoms with Gasteiger partial charge < -0.3 is 15.2 Å². The highest BCUT2D eigenvalue weighted by Gasteiger charge is 2.28. The first kappa shape index (κ1) is 14.4. The van der Waals surface area contributed by atoms with E-state index in [1.807, 2.05) is 0 Å². The van der Waals surface area contributed by atoms with Crippen LogP contribution in [0, 0.1) is 5.82 Å². The van der Waals surface area contributed by atoms with Crippen molar-refractivity contribution < 1.29 is 23.0 Å². The Morgan fingerprint density at radius 1 is 1.50 bits per heavy atom. The van der Waals surface area contributed by atoms with Gasteiger partial charge in [0, 0.05) is 0 Å². The van der Waals surface area contributed by atoms with E-state index in [1.165, 1.54) is 19.2 Å². The molecule has 0 aliphatic carbocycles. The highest BCUT2D eigenvalue weighted by atomic mass is 19.1. The molecule has 1 unspecified atom stereocenters. The Morgan fingerprint density at radius 3 is 2.72 bits per heavy atom. The van der Waals surface area contributed by atoms with Crippen molar-refractivity contribution in [1.29, 1.82) is 0 Å².